The molecule has 1 amide bonds. The van der Waals surface area contributed by atoms with Gasteiger partial charge in [0.2, 0.25) is 5.91 Å². The summed E-state index contributed by atoms with van der Waals surface area (Å²) in [7, 11) is 1.84. The van der Waals surface area contributed by atoms with Crippen molar-refractivity contribution in [3.63, 3.8) is 0 Å². The highest BCUT2D eigenvalue weighted by molar-refractivity contribution is 5.80. The maximum absolute atomic E-state index is 11.3. The van der Waals surface area contributed by atoms with Crippen molar-refractivity contribution in [3.05, 3.63) is 12.2 Å². The molecule has 0 N–H and O–H groups in total. The molecule has 0 aromatic heterocycles. The van der Waals surface area contributed by atoms with Crippen LogP contribution in [0.25, 0.3) is 0 Å². The zero-order chi connectivity index (χ0) is 8.43. The molecule has 0 unspecified atom stereocenters. The Morgan fingerprint density at radius 1 is 1.64 bits per heavy atom. The molecule has 0 aromatic rings. The van der Waals surface area contributed by atoms with Crippen molar-refractivity contribution >= 4 is 5.91 Å². The number of carbonyl (C=O) groups excluding carboxylic acids is 1. The minimum atomic E-state index is 0.285. The van der Waals surface area contributed by atoms with Crippen LogP contribution in [0.1, 0.15) is 19.8 Å². The van der Waals surface area contributed by atoms with Gasteiger partial charge >= 0.3 is 0 Å². The van der Waals surface area contributed by atoms with Gasteiger partial charge in [0.25, 0.3) is 0 Å². The summed E-state index contributed by atoms with van der Waals surface area (Å²) in [4.78, 5) is 13.1. The van der Waals surface area contributed by atoms with Crippen LogP contribution in [0.5, 0.6) is 0 Å². The Morgan fingerprint density at radius 2 is 2.18 bits per heavy atom. The van der Waals surface area contributed by atoms with Crippen molar-refractivity contribution in [1.82, 2.24) is 4.90 Å². The molecular weight excluding hydrogens is 138 g/mol. The minimum Gasteiger partial charge on any atom is -0.342 e. The maximum Gasteiger partial charge on any atom is 0.225 e. The van der Waals surface area contributed by atoms with Gasteiger partial charge < -0.3 is 4.90 Å². The Hall–Kier alpha value is -0.790. The molecule has 1 fully saturated rings. The van der Waals surface area contributed by atoms with E-state index in [0.717, 1.165) is 18.4 Å². The van der Waals surface area contributed by atoms with E-state index >= 15 is 0 Å². The summed E-state index contributed by atoms with van der Waals surface area (Å²) in [5.74, 6) is 0.618. The Balaban J connectivity index is 2.33. The van der Waals surface area contributed by atoms with Gasteiger partial charge in [0.1, 0.15) is 0 Å². The second-order valence-corrected chi connectivity index (χ2v) is 3.43. The van der Waals surface area contributed by atoms with Crippen molar-refractivity contribution in [1.29, 1.82) is 0 Å². The molecule has 1 rings (SSSR count). The lowest BCUT2D eigenvalue weighted by Crippen LogP contribution is -2.29. The van der Waals surface area contributed by atoms with Gasteiger partial charge in [-0.3, -0.25) is 4.79 Å². The van der Waals surface area contributed by atoms with E-state index in [1.54, 1.807) is 4.90 Å². The molecule has 1 saturated carbocycles. The van der Waals surface area contributed by atoms with Crippen LogP contribution >= 0.6 is 0 Å². The highest BCUT2D eigenvalue weighted by atomic mass is 16.2. The molecule has 1 aliphatic rings. The van der Waals surface area contributed by atoms with Crippen molar-refractivity contribution in [3.8, 4) is 0 Å². The largest absolute Gasteiger partial charge is 0.342 e. The number of rotatable bonds is 3. The Kier molecular flexibility index (Phi) is 2.32. The maximum atomic E-state index is 11.3. The molecule has 0 heterocycles. The number of nitrogens with zero attached hydrogens (tertiary/aromatic N) is 1. The molecule has 2 heteroatoms. The Labute approximate surface area is 67.9 Å². The first-order valence-corrected chi connectivity index (χ1v) is 4.00. The quantitative estimate of drug-likeness (QED) is 0.562. The second kappa shape index (κ2) is 3.07. The summed E-state index contributed by atoms with van der Waals surface area (Å²) in [5.41, 5.74) is 1.04. The molecule has 0 spiro atoms. The molecule has 11 heavy (non-hydrogen) atoms. The standard InChI is InChI=1S/C9H15NO/c1-7(2)6-10(3)9(11)8-4-5-8/h8H,1,4-6H2,2-3H3. The summed E-state index contributed by atoms with van der Waals surface area (Å²) >= 11 is 0. The Morgan fingerprint density at radius 3 is 2.55 bits per heavy atom. The third-order valence-corrected chi connectivity index (χ3v) is 1.81. The van der Waals surface area contributed by atoms with Crippen LogP contribution in [0, 0.1) is 5.92 Å². The van der Waals surface area contributed by atoms with Crippen LogP contribution < -0.4 is 0 Å². The SMILES string of the molecule is C=C(C)CN(C)C(=O)C1CC1. The fraction of sp³-hybridized carbons (Fsp3) is 0.667. The normalized spacial score (nSPS) is 16.2. The molecule has 0 atom stereocenters. The lowest BCUT2D eigenvalue weighted by atomic mass is 10.3. The van der Waals surface area contributed by atoms with E-state index in [0.29, 0.717) is 12.5 Å². The summed E-state index contributed by atoms with van der Waals surface area (Å²) in [6, 6.07) is 0. The third-order valence-electron chi connectivity index (χ3n) is 1.81. The number of hydrogen-bond acceptors (Lipinski definition) is 1. The zero-order valence-corrected chi connectivity index (χ0v) is 7.26. The predicted molar refractivity (Wildman–Crippen MR) is 45.2 cm³/mol. The first-order chi connectivity index (χ1) is 5.11. The fourth-order valence-corrected chi connectivity index (χ4v) is 1.12. The third kappa shape index (κ3) is 2.37. The van der Waals surface area contributed by atoms with E-state index in [9.17, 15) is 4.79 Å². The van der Waals surface area contributed by atoms with Gasteiger partial charge in [0.05, 0.1) is 0 Å². The van der Waals surface area contributed by atoms with Gasteiger partial charge in [0.15, 0.2) is 0 Å². The number of carbonyl (C=O) groups is 1. The van der Waals surface area contributed by atoms with Gasteiger partial charge in [-0.05, 0) is 19.8 Å². The van der Waals surface area contributed by atoms with Crippen LogP contribution in [-0.4, -0.2) is 24.4 Å². The minimum absolute atomic E-state index is 0.285. The first-order valence-electron chi connectivity index (χ1n) is 4.00. The summed E-state index contributed by atoms with van der Waals surface area (Å²) < 4.78 is 0. The van der Waals surface area contributed by atoms with Gasteiger partial charge in [-0.25, -0.2) is 0 Å². The number of likely N-dealkylation sites (N-methyl/N-ethyl adjacent to an activating group) is 1. The van der Waals surface area contributed by atoms with Gasteiger partial charge in [-0.1, -0.05) is 12.2 Å². The highest BCUT2D eigenvalue weighted by Crippen LogP contribution is 2.30. The monoisotopic (exact) mass is 153 g/mol. The average molecular weight is 153 g/mol. The van der Waals surface area contributed by atoms with Crippen LogP contribution in [0.2, 0.25) is 0 Å². The molecule has 1 aliphatic carbocycles. The fourth-order valence-electron chi connectivity index (χ4n) is 1.12. The lowest BCUT2D eigenvalue weighted by molar-refractivity contribution is -0.130. The summed E-state index contributed by atoms with van der Waals surface area (Å²) in [6.45, 7) is 6.41. The summed E-state index contributed by atoms with van der Waals surface area (Å²) in [5, 5.41) is 0. The average Bonchev–Trinajstić information content (AvgIpc) is 2.65. The lowest BCUT2D eigenvalue weighted by Gasteiger charge is -2.16. The molecule has 2 nitrogen and oxygen atoms in total. The van der Waals surface area contributed by atoms with Crippen molar-refractivity contribution in [2.24, 2.45) is 5.92 Å². The van der Waals surface area contributed by atoms with E-state index in [2.05, 4.69) is 6.58 Å². The predicted octanol–water partition coefficient (Wildman–Crippen LogP) is 1.43. The van der Waals surface area contributed by atoms with Crippen LogP contribution in [0.15, 0.2) is 12.2 Å². The molecule has 0 radical (unpaired) electrons. The van der Waals surface area contributed by atoms with Crippen molar-refractivity contribution in [2.45, 2.75) is 19.8 Å². The summed E-state index contributed by atoms with van der Waals surface area (Å²) in [6.07, 6.45) is 2.17. The molecule has 0 aromatic carbocycles. The zero-order valence-electron chi connectivity index (χ0n) is 7.26. The molecule has 0 bridgehead atoms. The molecular formula is C9H15NO. The highest BCUT2D eigenvalue weighted by Gasteiger charge is 2.31. The smallest absolute Gasteiger partial charge is 0.225 e. The number of amides is 1. The van der Waals surface area contributed by atoms with E-state index in [4.69, 9.17) is 0 Å². The van der Waals surface area contributed by atoms with Gasteiger partial charge in [0, 0.05) is 19.5 Å². The van der Waals surface area contributed by atoms with Crippen LogP contribution in [0.4, 0.5) is 0 Å². The van der Waals surface area contributed by atoms with E-state index in [-0.39, 0.29) is 5.91 Å². The molecule has 0 aliphatic heterocycles. The Bertz CT molecular complexity index is 182. The van der Waals surface area contributed by atoms with Crippen LogP contribution in [0.3, 0.4) is 0 Å². The van der Waals surface area contributed by atoms with E-state index < -0.39 is 0 Å². The van der Waals surface area contributed by atoms with Crippen LogP contribution in [-0.2, 0) is 4.79 Å². The molecule has 0 saturated heterocycles. The van der Waals surface area contributed by atoms with E-state index in [1.807, 2.05) is 14.0 Å². The first kappa shape index (κ1) is 8.31. The number of hydrogen-bond donors (Lipinski definition) is 0. The van der Waals surface area contributed by atoms with Gasteiger partial charge in [-0.2, -0.15) is 0 Å². The van der Waals surface area contributed by atoms with Crippen molar-refractivity contribution in [2.75, 3.05) is 13.6 Å². The molecule has 62 valence electrons. The topological polar surface area (TPSA) is 20.3 Å². The van der Waals surface area contributed by atoms with E-state index in [1.165, 1.54) is 0 Å². The van der Waals surface area contributed by atoms with Crippen molar-refractivity contribution < 1.29 is 4.79 Å². The van der Waals surface area contributed by atoms with Gasteiger partial charge in [-0.15, -0.1) is 0 Å². The second-order valence-electron chi connectivity index (χ2n) is 3.43.